The van der Waals surface area contributed by atoms with Crippen molar-refractivity contribution in [3.8, 4) is 11.1 Å². The summed E-state index contributed by atoms with van der Waals surface area (Å²) in [5, 5.41) is 2.55. The molecule has 0 saturated carbocycles. The van der Waals surface area contributed by atoms with Crippen LogP contribution >= 0.6 is 11.3 Å². The van der Waals surface area contributed by atoms with Crippen LogP contribution in [-0.4, -0.2) is 0 Å². The quantitative estimate of drug-likeness (QED) is 0.218. The predicted octanol–water partition coefficient (Wildman–Crippen LogP) is 11.1. The number of anilines is 2. The van der Waals surface area contributed by atoms with E-state index in [9.17, 15) is 0 Å². The van der Waals surface area contributed by atoms with Crippen LogP contribution in [0.15, 0.2) is 102 Å². The first-order chi connectivity index (χ1) is 20.0. The molecule has 0 spiro atoms. The summed E-state index contributed by atoms with van der Waals surface area (Å²) in [4.78, 5) is 3.64. The maximum absolute atomic E-state index is 6.14. The van der Waals surface area contributed by atoms with Crippen LogP contribution in [0, 0.1) is 0 Å². The van der Waals surface area contributed by atoms with Gasteiger partial charge >= 0.3 is 0 Å². The van der Waals surface area contributed by atoms with Crippen LogP contribution in [0.3, 0.4) is 0 Å². The van der Waals surface area contributed by atoms with E-state index in [4.69, 9.17) is 11.0 Å². The van der Waals surface area contributed by atoms with Crippen LogP contribution in [0.2, 0.25) is 0 Å². The minimum atomic E-state index is 0.479. The number of hydrogen-bond acceptors (Lipinski definition) is 3. The maximum atomic E-state index is 6.14. The van der Waals surface area contributed by atoms with Crippen molar-refractivity contribution in [2.75, 3.05) is 4.90 Å². The molecule has 41 heavy (non-hydrogen) atoms. The predicted molar refractivity (Wildman–Crippen MR) is 175 cm³/mol. The number of allylic oxidation sites excluding steroid dienone is 1. The minimum absolute atomic E-state index is 0.479. The van der Waals surface area contributed by atoms with Gasteiger partial charge in [0.25, 0.3) is 0 Å². The van der Waals surface area contributed by atoms with E-state index in [0.717, 1.165) is 42.0 Å². The number of furan rings is 1. The highest BCUT2D eigenvalue weighted by Gasteiger charge is 2.27. The molecule has 200 valence electrons. The van der Waals surface area contributed by atoms with Crippen molar-refractivity contribution < 1.29 is 4.42 Å². The van der Waals surface area contributed by atoms with Crippen molar-refractivity contribution >= 4 is 55.5 Å². The number of nitrogens with zero attached hydrogens (tertiary/aromatic N) is 1. The van der Waals surface area contributed by atoms with Crippen molar-refractivity contribution in [1.82, 2.24) is 0 Å². The van der Waals surface area contributed by atoms with Gasteiger partial charge in [-0.25, -0.2) is 0 Å². The molecule has 8 rings (SSSR count). The molecule has 0 fully saturated rings. The Hall–Kier alpha value is -4.34. The monoisotopic (exact) mass is 549 g/mol. The van der Waals surface area contributed by atoms with E-state index in [1.54, 1.807) is 0 Å². The van der Waals surface area contributed by atoms with Crippen LogP contribution in [0.1, 0.15) is 59.1 Å². The van der Waals surface area contributed by atoms with Crippen molar-refractivity contribution in [1.29, 1.82) is 0 Å². The van der Waals surface area contributed by atoms with Gasteiger partial charge in [-0.05, 0) is 81.9 Å². The molecule has 0 amide bonds. The molecule has 0 bridgehead atoms. The first kappa shape index (κ1) is 24.5. The number of thiophene rings is 1. The van der Waals surface area contributed by atoms with Gasteiger partial charge in [0, 0.05) is 39.9 Å². The first-order valence-corrected chi connectivity index (χ1v) is 15.3. The largest absolute Gasteiger partial charge is 0.460 e. The molecule has 3 heteroatoms. The van der Waals surface area contributed by atoms with E-state index in [2.05, 4.69) is 116 Å². The second-order valence-corrected chi connectivity index (χ2v) is 12.6. The van der Waals surface area contributed by atoms with Gasteiger partial charge in [0.05, 0.1) is 10.6 Å². The molecular weight excluding hydrogens is 518 g/mol. The standard InChI is InChI=1S/C38H31NOS/c1-23(2)26-14-18-34-28(20-26)22-33-31-9-5-7-11-37(31)41-38(33)24(3)39(34)29-16-12-25(13-17-29)27-15-19-36-32(21-27)30-8-4-6-10-35(30)40-36/h4-5,7-9,11-21,23H,3,6,10,22H2,1-2H3. The third kappa shape index (κ3) is 3.91. The highest BCUT2D eigenvalue weighted by atomic mass is 32.1. The first-order valence-electron chi connectivity index (χ1n) is 14.5. The average molecular weight is 550 g/mol. The molecule has 2 nitrogen and oxygen atoms in total. The van der Waals surface area contributed by atoms with Crippen LogP contribution < -0.4 is 4.90 Å². The van der Waals surface area contributed by atoms with E-state index in [1.165, 1.54) is 59.4 Å². The Balaban J connectivity index is 1.24. The van der Waals surface area contributed by atoms with E-state index in [1.807, 2.05) is 11.3 Å². The summed E-state index contributed by atoms with van der Waals surface area (Å²) in [6.07, 6.45) is 7.40. The second kappa shape index (κ2) is 9.36. The smallest absolute Gasteiger partial charge is 0.134 e. The van der Waals surface area contributed by atoms with Crippen molar-refractivity contribution in [2.45, 2.75) is 39.0 Å². The molecule has 0 unspecified atom stereocenters. The van der Waals surface area contributed by atoms with Crippen molar-refractivity contribution in [3.05, 3.63) is 130 Å². The van der Waals surface area contributed by atoms with Gasteiger partial charge in [-0.1, -0.05) is 81.1 Å². The Morgan fingerprint density at radius 3 is 2.56 bits per heavy atom. The summed E-state index contributed by atoms with van der Waals surface area (Å²) >= 11 is 1.86. The minimum Gasteiger partial charge on any atom is -0.460 e. The van der Waals surface area contributed by atoms with Gasteiger partial charge in [0.1, 0.15) is 11.3 Å². The highest BCUT2D eigenvalue weighted by Crippen LogP contribution is 2.47. The fraction of sp³-hybridized carbons (Fsp3) is 0.158. The molecule has 0 saturated heterocycles. The molecule has 0 radical (unpaired) electrons. The summed E-state index contributed by atoms with van der Waals surface area (Å²) in [6, 6.07) is 31.3. The van der Waals surface area contributed by atoms with Crippen LogP contribution in [0.25, 0.3) is 44.0 Å². The number of fused-ring (bicyclic) bond motifs is 7. The second-order valence-electron chi connectivity index (χ2n) is 11.5. The lowest BCUT2D eigenvalue weighted by Gasteiger charge is -2.27. The fourth-order valence-electron chi connectivity index (χ4n) is 6.50. The molecule has 6 aromatic rings. The SMILES string of the molecule is C=C1c2sc3ccccc3c2Cc2cc(C(C)C)ccc2N1c1ccc(-c2ccc3oc4c(c3c2)C=CCC4)cc1. The lowest BCUT2D eigenvalue weighted by atomic mass is 9.95. The third-order valence-corrected chi connectivity index (χ3v) is 9.96. The van der Waals surface area contributed by atoms with Gasteiger partial charge in [-0.2, -0.15) is 0 Å². The molecule has 3 heterocycles. The third-order valence-electron chi connectivity index (χ3n) is 8.69. The topological polar surface area (TPSA) is 16.4 Å². The summed E-state index contributed by atoms with van der Waals surface area (Å²) < 4.78 is 7.47. The number of aryl methyl sites for hydroxylation is 1. The molecule has 1 aliphatic carbocycles. The Morgan fingerprint density at radius 2 is 1.71 bits per heavy atom. The lowest BCUT2D eigenvalue weighted by Crippen LogP contribution is -2.14. The molecule has 0 N–H and O–H groups in total. The Morgan fingerprint density at radius 1 is 0.878 bits per heavy atom. The van der Waals surface area contributed by atoms with Gasteiger partial charge in [-0.3, -0.25) is 0 Å². The molecular formula is C38H31NOS. The van der Waals surface area contributed by atoms with E-state index in [0.29, 0.717) is 5.92 Å². The highest BCUT2D eigenvalue weighted by molar-refractivity contribution is 7.20. The van der Waals surface area contributed by atoms with Crippen molar-refractivity contribution in [3.63, 3.8) is 0 Å². The average Bonchev–Trinajstić information content (AvgIpc) is 3.53. The van der Waals surface area contributed by atoms with Gasteiger partial charge in [0.15, 0.2) is 0 Å². The van der Waals surface area contributed by atoms with Crippen molar-refractivity contribution in [2.24, 2.45) is 0 Å². The Labute approximate surface area is 244 Å². The summed E-state index contributed by atoms with van der Waals surface area (Å²) in [6.45, 7) is 9.23. The molecule has 2 aromatic heterocycles. The number of benzene rings is 4. The number of rotatable bonds is 3. The van der Waals surface area contributed by atoms with E-state index < -0.39 is 0 Å². The van der Waals surface area contributed by atoms with Crippen LogP contribution in [0.4, 0.5) is 11.4 Å². The molecule has 0 atom stereocenters. The Bertz CT molecular complexity index is 2020. The summed E-state index contributed by atoms with van der Waals surface area (Å²) in [5.41, 5.74) is 12.1. The van der Waals surface area contributed by atoms with Gasteiger partial charge in [0.2, 0.25) is 0 Å². The van der Waals surface area contributed by atoms with Crippen LogP contribution in [-0.2, 0) is 12.8 Å². The molecule has 1 aliphatic heterocycles. The van der Waals surface area contributed by atoms with Gasteiger partial charge in [-0.15, -0.1) is 11.3 Å². The van der Waals surface area contributed by atoms with E-state index >= 15 is 0 Å². The normalized spacial score (nSPS) is 14.4. The summed E-state index contributed by atoms with van der Waals surface area (Å²) in [7, 11) is 0. The zero-order chi connectivity index (χ0) is 27.7. The zero-order valence-electron chi connectivity index (χ0n) is 23.4. The maximum Gasteiger partial charge on any atom is 0.134 e. The molecule has 2 aliphatic rings. The van der Waals surface area contributed by atoms with E-state index in [-0.39, 0.29) is 0 Å². The molecule has 4 aromatic carbocycles. The lowest BCUT2D eigenvalue weighted by molar-refractivity contribution is 0.546. The number of hydrogen-bond donors (Lipinski definition) is 0. The fourth-order valence-corrected chi connectivity index (χ4v) is 7.68. The van der Waals surface area contributed by atoms with Gasteiger partial charge < -0.3 is 9.32 Å². The Kier molecular flexibility index (Phi) is 5.58. The summed E-state index contributed by atoms with van der Waals surface area (Å²) in [5.74, 6) is 1.58. The van der Waals surface area contributed by atoms with Crippen LogP contribution in [0.5, 0.6) is 0 Å². The zero-order valence-corrected chi connectivity index (χ0v) is 24.2.